The van der Waals surface area contributed by atoms with Gasteiger partial charge in [-0.15, -0.1) is 34.0 Å². The topological polar surface area (TPSA) is 71.4 Å². The summed E-state index contributed by atoms with van der Waals surface area (Å²) in [5.74, 6) is 0. The Hall–Kier alpha value is -4.77. The van der Waals surface area contributed by atoms with Gasteiger partial charge in [-0.25, -0.2) is 0 Å². The van der Waals surface area contributed by atoms with Gasteiger partial charge in [-0.2, -0.15) is 15.8 Å². The van der Waals surface area contributed by atoms with E-state index in [1.54, 1.807) is 34.0 Å². The zero-order chi connectivity index (χ0) is 26.5. The van der Waals surface area contributed by atoms with E-state index in [1.165, 1.54) is 30.3 Å². The zero-order valence-electron chi connectivity index (χ0n) is 20.2. The van der Waals surface area contributed by atoms with Crippen molar-refractivity contribution in [3.63, 3.8) is 0 Å². The van der Waals surface area contributed by atoms with E-state index in [9.17, 15) is 15.8 Å². The normalized spacial score (nSPS) is 11.0. The first kappa shape index (κ1) is 23.4. The second-order valence-electron chi connectivity index (χ2n) is 9.14. The number of hydrogen-bond donors (Lipinski definition) is 0. The van der Waals surface area contributed by atoms with E-state index < -0.39 is 0 Å². The molecule has 0 saturated heterocycles. The molecule has 0 radical (unpaired) electrons. The number of hydrogen-bond acceptors (Lipinski definition) is 6. The standard InChI is InChI=1S/C33H15N3S3/c34-16-19-4-1-7-22(10-19)28-13-25-31(37-28)26-14-29(23-8-2-5-20(11-23)17-35)39-33(26)27-15-30(38-32(25)27)24-9-3-6-21(12-24)18-36/h1-15H. The van der Waals surface area contributed by atoms with Crippen LogP contribution in [0.2, 0.25) is 0 Å². The minimum Gasteiger partial charge on any atom is -0.192 e. The molecule has 0 aliphatic rings. The van der Waals surface area contributed by atoms with E-state index in [4.69, 9.17) is 0 Å². The first-order valence-electron chi connectivity index (χ1n) is 12.1. The van der Waals surface area contributed by atoms with Crippen molar-refractivity contribution in [2.24, 2.45) is 0 Å². The fourth-order valence-electron chi connectivity index (χ4n) is 4.93. The summed E-state index contributed by atoms with van der Waals surface area (Å²) >= 11 is 5.25. The highest BCUT2D eigenvalue weighted by Gasteiger charge is 2.19. The summed E-state index contributed by atoms with van der Waals surface area (Å²) in [5.41, 5.74) is 5.04. The Bertz CT molecular complexity index is 1880. The van der Waals surface area contributed by atoms with Crippen LogP contribution in [0.15, 0.2) is 91.0 Å². The lowest BCUT2D eigenvalue weighted by atomic mass is 10.1. The lowest BCUT2D eigenvalue weighted by Crippen LogP contribution is -1.75. The van der Waals surface area contributed by atoms with Gasteiger partial charge in [0.15, 0.2) is 0 Å². The maximum atomic E-state index is 9.44. The largest absolute Gasteiger partial charge is 0.192 e. The summed E-state index contributed by atoms with van der Waals surface area (Å²) in [7, 11) is 0. The lowest BCUT2D eigenvalue weighted by Gasteiger charge is -1.96. The van der Waals surface area contributed by atoms with E-state index in [-0.39, 0.29) is 0 Å². The van der Waals surface area contributed by atoms with Crippen LogP contribution in [0.25, 0.3) is 61.6 Å². The van der Waals surface area contributed by atoms with Crippen LogP contribution in [0, 0.1) is 34.0 Å². The third-order valence-corrected chi connectivity index (χ3v) is 10.4. The van der Waals surface area contributed by atoms with Gasteiger partial charge in [0.05, 0.1) is 34.9 Å². The monoisotopic (exact) mass is 549 g/mol. The molecule has 7 aromatic rings. The molecule has 6 heteroatoms. The number of benzene rings is 4. The third kappa shape index (κ3) is 3.89. The lowest BCUT2D eigenvalue weighted by molar-refractivity contribution is 1.49. The van der Waals surface area contributed by atoms with Crippen LogP contribution in [0.4, 0.5) is 0 Å². The van der Waals surface area contributed by atoms with E-state index in [0.717, 1.165) is 31.3 Å². The van der Waals surface area contributed by atoms with Gasteiger partial charge in [-0.3, -0.25) is 0 Å². The Balaban J connectivity index is 1.54. The molecule has 0 fully saturated rings. The summed E-state index contributed by atoms with van der Waals surface area (Å²) < 4.78 is 3.65. The van der Waals surface area contributed by atoms with E-state index in [1.807, 2.05) is 54.6 Å². The van der Waals surface area contributed by atoms with Crippen molar-refractivity contribution in [3.05, 3.63) is 108 Å². The Kier molecular flexibility index (Phi) is 5.51. The van der Waals surface area contributed by atoms with Gasteiger partial charge in [0.1, 0.15) is 0 Å². The fraction of sp³-hybridized carbons (Fsp3) is 0. The number of nitrogens with zero attached hydrogens (tertiary/aromatic N) is 3. The highest BCUT2D eigenvalue weighted by Crippen LogP contribution is 2.50. The summed E-state index contributed by atoms with van der Waals surface area (Å²) in [6.07, 6.45) is 0. The molecule has 7 rings (SSSR count). The van der Waals surface area contributed by atoms with Crippen molar-refractivity contribution in [2.45, 2.75) is 0 Å². The third-order valence-electron chi connectivity index (χ3n) is 6.76. The molecule has 180 valence electrons. The maximum absolute atomic E-state index is 9.44. The number of thiophene rings is 3. The first-order chi connectivity index (χ1) is 19.1. The van der Waals surface area contributed by atoms with Gasteiger partial charge in [0.25, 0.3) is 0 Å². The smallest absolute Gasteiger partial charge is 0.0991 e. The highest BCUT2D eigenvalue weighted by atomic mass is 32.1. The predicted octanol–water partition coefficient (Wildman–Crippen LogP) is 9.95. The molecule has 3 aromatic heterocycles. The van der Waals surface area contributed by atoms with Gasteiger partial charge < -0.3 is 0 Å². The molecule has 0 N–H and O–H groups in total. The molecule has 3 nitrogen and oxygen atoms in total. The first-order valence-corrected chi connectivity index (χ1v) is 14.5. The Morgan fingerprint density at radius 1 is 0.410 bits per heavy atom. The summed E-state index contributed by atoms with van der Waals surface area (Å²) in [6.45, 7) is 0. The summed E-state index contributed by atoms with van der Waals surface area (Å²) in [5, 5.41) is 31.9. The molecule has 4 aromatic carbocycles. The highest BCUT2D eigenvalue weighted by molar-refractivity contribution is 7.29. The average molecular weight is 550 g/mol. The van der Waals surface area contributed by atoms with Crippen LogP contribution in [0.3, 0.4) is 0 Å². The molecule has 0 aliphatic carbocycles. The van der Waals surface area contributed by atoms with Gasteiger partial charge in [-0.05, 0) is 71.3 Å². The van der Waals surface area contributed by atoms with Crippen LogP contribution in [0.5, 0.6) is 0 Å². The van der Waals surface area contributed by atoms with Crippen LogP contribution in [-0.4, -0.2) is 0 Å². The Morgan fingerprint density at radius 3 is 1.00 bits per heavy atom. The summed E-state index contributed by atoms with van der Waals surface area (Å²) in [4.78, 5) is 3.37. The average Bonchev–Trinajstić information content (AvgIpc) is 3.74. The maximum Gasteiger partial charge on any atom is 0.0991 e. The predicted molar refractivity (Wildman–Crippen MR) is 163 cm³/mol. The van der Waals surface area contributed by atoms with E-state index in [0.29, 0.717) is 16.7 Å². The zero-order valence-corrected chi connectivity index (χ0v) is 22.7. The molecule has 3 heterocycles. The fourth-order valence-corrected chi connectivity index (χ4v) is 8.68. The van der Waals surface area contributed by atoms with Crippen LogP contribution in [-0.2, 0) is 0 Å². The van der Waals surface area contributed by atoms with Crippen molar-refractivity contribution in [2.75, 3.05) is 0 Å². The molecule has 0 saturated carbocycles. The Labute approximate surface area is 236 Å². The molecule has 0 atom stereocenters. The minimum atomic E-state index is 0.645. The van der Waals surface area contributed by atoms with Crippen molar-refractivity contribution in [1.82, 2.24) is 0 Å². The van der Waals surface area contributed by atoms with Crippen LogP contribution in [0.1, 0.15) is 16.7 Å². The number of fused-ring (bicyclic) bond motifs is 6. The van der Waals surface area contributed by atoms with Gasteiger partial charge in [-0.1, -0.05) is 36.4 Å². The quantitative estimate of drug-likeness (QED) is 0.220. The van der Waals surface area contributed by atoms with E-state index >= 15 is 0 Å². The SMILES string of the molecule is N#Cc1cccc(-c2cc3c(s2)c2cc(-c4cccc(C#N)c4)sc2c2cc(-c4cccc(C#N)c4)sc32)c1. The molecule has 39 heavy (non-hydrogen) atoms. The minimum absolute atomic E-state index is 0.645. The second kappa shape index (κ2) is 9.21. The molecule has 0 bridgehead atoms. The molecule has 0 spiro atoms. The van der Waals surface area contributed by atoms with Gasteiger partial charge >= 0.3 is 0 Å². The van der Waals surface area contributed by atoms with Crippen LogP contribution >= 0.6 is 34.0 Å². The van der Waals surface area contributed by atoms with Crippen molar-refractivity contribution in [1.29, 1.82) is 15.8 Å². The molecule has 0 unspecified atom stereocenters. The Morgan fingerprint density at radius 2 is 0.718 bits per heavy atom. The second-order valence-corrected chi connectivity index (χ2v) is 12.3. The molecular formula is C33H15N3S3. The number of nitriles is 3. The molecule has 0 amide bonds. The van der Waals surface area contributed by atoms with E-state index in [2.05, 4.69) is 54.6 Å². The van der Waals surface area contributed by atoms with Crippen molar-refractivity contribution in [3.8, 4) is 49.5 Å². The van der Waals surface area contributed by atoms with Gasteiger partial charge in [0, 0.05) is 44.9 Å². The molecular weight excluding hydrogens is 535 g/mol. The van der Waals surface area contributed by atoms with Crippen molar-refractivity contribution >= 4 is 64.3 Å². The molecule has 0 aliphatic heterocycles. The van der Waals surface area contributed by atoms with Crippen LogP contribution < -0.4 is 0 Å². The van der Waals surface area contributed by atoms with Crippen molar-refractivity contribution < 1.29 is 0 Å². The summed E-state index contributed by atoms with van der Waals surface area (Å²) in [6, 6.07) is 36.8. The van der Waals surface area contributed by atoms with Gasteiger partial charge in [0.2, 0.25) is 0 Å². The number of rotatable bonds is 3.